The van der Waals surface area contributed by atoms with Gasteiger partial charge in [0, 0.05) is 5.69 Å². The van der Waals surface area contributed by atoms with E-state index < -0.39 is 0 Å². The molecule has 0 atom stereocenters. The van der Waals surface area contributed by atoms with Crippen molar-refractivity contribution in [3.63, 3.8) is 0 Å². The highest BCUT2D eigenvalue weighted by atomic mass is 16.3. The minimum atomic E-state index is -0.306. The predicted molar refractivity (Wildman–Crippen MR) is 81.0 cm³/mol. The fourth-order valence-electron chi connectivity index (χ4n) is 2.06. The Hall–Kier alpha value is -2.29. The first kappa shape index (κ1) is 14.1. The fraction of sp³-hybridized carbons (Fsp3) is 0.235. The molecule has 0 aromatic heterocycles. The highest BCUT2D eigenvalue weighted by Gasteiger charge is 2.10. The third-order valence-electron chi connectivity index (χ3n) is 3.00. The van der Waals surface area contributed by atoms with Gasteiger partial charge in [0.15, 0.2) is 0 Å². The number of carbonyl (C=O) groups excluding carboxylic acids is 1. The van der Waals surface area contributed by atoms with Crippen LogP contribution in [-0.4, -0.2) is 11.0 Å². The van der Waals surface area contributed by atoms with E-state index in [1.807, 2.05) is 24.3 Å². The zero-order chi connectivity index (χ0) is 14.5. The molecule has 0 aliphatic rings. The van der Waals surface area contributed by atoms with Crippen molar-refractivity contribution in [2.75, 3.05) is 5.32 Å². The second kappa shape index (κ2) is 6.24. The number of phenols is 1. The average molecular weight is 269 g/mol. The van der Waals surface area contributed by atoms with Crippen LogP contribution in [0.2, 0.25) is 0 Å². The van der Waals surface area contributed by atoms with Gasteiger partial charge in [-0.1, -0.05) is 38.1 Å². The van der Waals surface area contributed by atoms with E-state index >= 15 is 0 Å². The van der Waals surface area contributed by atoms with Crippen LogP contribution in [0.1, 0.15) is 29.8 Å². The van der Waals surface area contributed by atoms with Gasteiger partial charge in [0.1, 0.15) is 5.75 Å². The Morgan fingerprint density at radius 1 is 1.10 bits per heavy atom. The van der Waals surface area contributed by atoms with Gasteiger partial charge in [-0.05, 0) is 42.2 Å². The molecule has 0 fully saturated rings. The van der Waals surface area contributed by atoms with E-state index in [1.165, 1.54) is 11.6 Å². The van der Waals surface area contributed by atoms with E-state index in [0.29, 0.717) is 5.92 Å². The lowest BCUT2D eigenvalue weighted by Crippen LogP contribution is -2.12. The summed E-state index contributed by atoms with van der Waals surface area (Å²) < 4.78 is 0. The lowest BCUT2D eigenvalue weighted by Gasteiger charge is -2.09. The smallest absolute Gasteiger partial charge is 0.259 e. The maximum absolute atomic E-state index is 12.0. The zero-order valence-electron chi connectivity index (χ0n) is 11.8. The van der Waals surface area contributed by atoms with Crippen LogP contribution in [-0.2, 0) is 6.42 Å². The Labute approximate surface area is 119 Å². The van der Waals surface area contributed by atoms with E-state index in [1.54, 1.807) is 18.2 Å². The van der Waals surface area contributed by atoms with E-state index in [9.17, 15) is 9.90 Å². The molecular weight excluding hydrogens is 250 g/mol. The number of carbonyl (C=O) groups is 1. The van der Waals surface area contributed by atoms with E-state index in [2.05, 4.69) is 19.2 Å². The van der Waals surface area contributed by atoms with Crippen molar-refractivity contribution in [2.45, 2.75) is 20.3 Å². The van der Waals surface area contributed by atoms with Gasteiger partial charge < -0.3 is 10.4 Å². The monoisotopic (exact) mass is 269 g/mol. The molecular formula is C17H19NO2. The molecule has 0 saturated carbocycles. The molecule has 2 aromatic carbocycles. The van der Waals surface area contributed by atoms with Crippen molar-refractivity contribution in [3.05, 3.63) is 59.7 Å². The van der Waals surface area contributed by atoms with Crippen LogP contribution in [0.25, 0.3) is 0 Å². The molecule has 2 aromatic rings. The molecule has 0 unspecified atom stereocenters. The van der Waals surface area contributed by atoms with Gasteiger partial charge in [0.2, 0.25) is 0 Å². The Kier molecular flexibility index (Phi) is 4.41. The highest BCUT2D eigenvalue weighted by Crippen LogP contribution is 2.18. The molecule has 0 radical (unpaired) electrons. The number of phenolic OH excluding ortho intramolecular Hbond substituents is 1. The number of hydrogen-bond donors (Lipinski definition) is 2. The van der Waals surface area contributed by atoms with Crippen molar-refractivity contribution in [1.82, 2.24) is 0 Å². The summed E-state index contributed by atoms with van der Waals surface area (Å²) in [5.41, 5.74) is 2.25. The van der Waals surface area contributed by atoms with Gasteiger partial charge in [-0.2, -0.15) is 0 Å². The normalized spacial score (nSPS) is 10.6. The van der Waals surface area contributed by atoms with Gasteiger partial charge in [-0.25, -0.2) is 0 Å². The number of nitrogens with one attached hydrogen (secondary N) is 1. The number of amides is 1. The summed E-state index contributed by atoms with van der Waals surface area (Å²) in [6.07, 6.45) is 1.02. The highest BCUT2D eigenvalue weighted by molar-refractivity contribution is 6.06. The second-order valence-electron chi connectivity index (χ2n) is 5.27. The summed E-state index contributed by atoms with van der Waals surface area (Å²) in [6.45, 7) is 4.35. The first-order chi connectivity index (χ1) is 9.56. The first-order valence-corrected chi connectivity index (χ1v) is 6.74. The number of anilines is 1. The van der Waals surface area contributed by atoms with Crippen LogP contribution >= 0.6 is 0 Å². The number of hydrogen-bond acceptors (Lipinski definition) is 2. The quantitative estimate of drug-likeness (QED) is 0.886. The molecule has 2 rings (SSSR count). The van der Waals surface area contributed by atoms with Crippen LogP contribution in [0.4, 0.5) is 5.69 Å². The maximum atomic E-state index is 12.0. The topological polar surface area (TPSA) is 49.3 Å². The molecule has 0 bridgehead atoms. The summed E-state index contributed by atoms with van der Waals surface area (Å²) in [6, 6.07) is 14.3. The van der Waals surface area contributed by atoms with Crippen molar-refractivity contribution >= 4 is 11.6 Å². The van der Waals surface area contributed by atoms with Crippen molar-refractivity contribution < 1.29 is 9.90 Å². The van der Waals surface area contributed by atoms with Crippen LogP contribution in [0, 0.1) is 5.92 Å². The maximum Gasteiger partial charge on any atom is 0.259 e. The third-order valence-corrected chi connectivity index (χ3v) is 3.00. The average Bonchev–Trinajstić information content (AvgIpc) is 2.41. The number of rotatable bonds is 4. The zero-order valence-corrected chi connectivity index (χ0v) is 11.8. The molecule has 0 saturated heterocycles. The molecule has 0 heterocycles. The number of aromatic hydroxyl groups is 1. The van der Waals surface area contributed by atoms with Crippen LogP contribution in [0.5, 0.6) is 5.75 Å². The third kappa shape index (κ3) is 3.60. The van der Waals surface area contributed by atoms with E-state index in [-0.39, 0.29) is 17.2 Å². The standard InChI is InChI=1S/C17H19NO2/c1-12(2)11-13-7-9-14(10-8-13)18-17(20)15-5-3-4-6-16(15)19/h3-10,12,19H,11H2,1-2H3,(H,18,20). The van der Waals surface area contributed by atoms with Crippen LogP contribution in [0.15, 0.2) is 48.5 Å². The molecule has 0 spiro atoms. The molecule has 3 nitrogen and oxygen atoms in total. The Bertz CT molecular complexity index is 588. The molecule has 2 N–H and O–H groups in total. The minimum Gasteiger partial charge on any atom is -0.507 e. The molecule has 3 heteroatoms. The van der Waals surface area contributed by atoms with Crippen LogP contribution in [0.3, 0.4) is 0 Å². The molecule has 1 amide bonds. The van der Waals surface area contributed by atoms with Gasteiger partial charge in [-0.3, -0.25) is 4.79 Å². The van der Waals surface area contributed by atoms with Gasteiger partial charge in [0.25, 0.3) is 5.91 Å². The van der Waals surface area contributed by atoms with Gasteiger partial charge in [-0.15, -0.1) is 0 Å². The largest absolute Gasteiger partial charge is 0.507 e. The summed E-state index contributed by atoms with van der Waals surface area (Å²) in [7, 11) is 0. The second-order valence-corrected chi connectivity index (χ2v) is 5.27. The lowest BCUT2D eigenvalue weighted by molar-refractivity contribution is 0.102. The Morgan fingerprint density at radius 3 is 2.35 bits per heavy atom. The fourth-order valence-corrected chi connectivity index (χ4v) is 2.06. The number of para-hydroxylation sites is 1. The van der Waals surface area contributed by atoms with Crippen molar-refractivity contribution in [2.24, 2.45) is 5.92 Å². The lowest BCUT2D eigenvalue weighted by atomic mass is 10.0. The van der Waals surface area contributed by atoms with Crippen LogP contribution < -0.4 is 5.32 Å². The Morgan fingerprint density at radius 2 is 1.75 bits per heavy atom. The molecule has 104 valence electrons. The van der Waals surface area contributed by atoms with E-state index in [0.717, 1.165) is 12.1 Å². The van der Waals surface area contributed by atoms with Gasteiger partial charge >= 0.3 is 0 Å². The SMILES string of the molecule is CC(C)Cc1ccc(NC(=O)c2ccccc2O)cc1. The molecule has 20 heavy (non-hydrogen) atoms. The van der Waals surface area contributed by atoms with E-state index in [4.69, 9.17) is 0 Å². The first-order valence-electron chi connectivity index (χ1n) is 6.74. The molecule has 0 aliphatic heterocycles. The van der Waals surface area contributed by atoms with Gasteiger partial charge in [0.05, 0.1) is 5.56 Å². The Balaban J connectivity index is 2.07. The number of benzene rings is 2. The predicted octanol–water partition coefficient (Wildman–Crippen LogP) is 3.84. The van der Waals surface area contributed by atoms with Crippen molar-refractivity contribution in [1.29, 1.82) is 0 Å². The summed E-state index contributed by atoms with van der Waals surface area (Å²) in [5, 5.41) is 12.4. The summed E-state index contributed by atoms with van der Waals surface area (Å²) in [5.74, 6) is 0.290. The summed E-state index contributed by atoms with van der Waals surface area (Å²) >= 11 is 0. The van der Waals surface area contributed by atoms with Crippen molar-refractivity contribution in [3.8, 4) is 5.75 Å². The molecule has 0 aliphatic carbocycles. The summed E-state index contributed by atoms with van der Waals surface area (Å²) in [4.78, 5) is 12.0. The minimum absolute atomic E-state index is 0.0126.